The Hall–Kier alpha value is -3.22. The van der Waals surface area contributed by atoms with Gasteiger partial charge < -0.3 is 25.4 Å². The molecule has 0 aliphatic rings. The van der Waals surface area contributed by atoms with Crippen molar-refractivity contribution in [2.24, 2.45) is 0 Å². The van der Waals surface area contributed by atoms with Crippen molar-refractivity contribution in [3.63, 3.8) is 0 Å². The third-order valence-corrected chi connectivity index (χ3v) is 4.25. The fraction of sp³-hybridized carbons (Fsp3) is 0.350. The molecule has 3 N–H and O–H groups in total. The van der Waals surface area contributed by atoms with Gasteiger partial charge in [-0.15, -0.1) is 0 Å². The first-order valence-corrected chi connectivity index (χ1v) is 9.34. The summed E-state index contributed by atoms with van der Waals surface area (Å²) in [5.74, 6) is -0.621. The maximum Gasteiger partial charge on any atom is 0.461 e. The highest BCUT2D eigenvalue weighted by atomic mass is 19.4. The van der Waals surface area contributed by atoms with E-state index >= 15 is 0 Å². The Morgan fingerprint density at radius 1 is 1.09 bits per heavy atom. The van der Waals surface area contributed by atoms with Crippen LogP contribution in [0, 0.1) is 0 Å². The van der Waals surface area contributed by atoms with Crippen molar-refractivity contribution in [3.8, 4) is 5.75 Å². The molecule has 0 spiro atoms. The number of nitrogens with one attached hydrogen (secondary N) is 2. The molecule has 0 heterocycles. The number of halogens is 7. The van der Waals surface area contributed by atoms with Gasteiger partial charge in [0.25, 0.3) is 0 Å². The summed E-state index contributed by atoms with van der Waals surface area (Å²) in [5, 5.41) is 14.3. The molecule has 0 aliphatic heterocycles. The maximum atomic E-state index is 13.2. The molecule has 0 aromatic heterocycles. The lowest BCUT2D eigenvalue weighted by Gasteiger charge is -2.29. The summed E-state index contributed by atoms with van der Waals surface area (Å²) in [6, 6.07) is 9.58. The van der Waals surface area contributed by atoms with E-state index in [-0.39, 0.29) is 23.5 Å². The normalized spacial score (nSPS) is 12.9. The predicted molar refractivity (Wildman–Crippen MR) is 106 cm³/mol. The van der Waals surface area contributed by atoms with Gasteiger partial charge in [-0.05, 0) is 35.9 Å². The van der Waals surface area contributed by atoms with Crippen molar-refractivity contribution in [2.75, 3.05) is 23.8 Å². The molecule has 2 rings (SSSR count). The molecule has 0 bridgehead atoms. The molecular formula is C20H20F7N3O3. The van der Waals surface area contributed by atoms with Crippen LogP contribution in [0.25, 0.3) is 0 Å². The van der Waals surface area contributed by atoms with Gasteiger partial charge in [-0.2, -0.15) is 30.7 Å². The number of urea groups is 1. The van der Waals surface area contributed by atoms with E-state index in [1.807, 2.05) is 0 Å². The minimum absolute atomic E-state index is 0.136. The molecule has 2 aromatic carbocycles. The molecule has 182 valence electrons. The van der Waals surface area contributed by atoms with Gasteiger partial charge in [-0.25, -0.2) is 4.79 Å². The van der Waals surface area contributed by atoms with Crippen molar-refractivity contribution < 1.29 is 45.4 Å². The largest absolute Gasteiger partial charge is 0.461 e. The number of aliphatic hydroxyl groups excluding tert-OH is 1. The van der Waals surface area contributed by atoms with Gasteiger partial charge in [0.15, 0.2) is 6.10 Å². The Morgan fingerprint density at radius 2 is 1.76 bits per heavy atom. The van der Waals surface area contributed by atoms with Crippen LogP contribution in [-0.4, -0.2) is 49.5 Å². The number of anilines is 2. The van der Waals surface area contributed by atoms with E-state index in [0.29, 0.717) is 0 Å². The number of rotatable bonds is 9. The topological polar surface area (TPSA) is 73.8 Å². The quantitative estimate of drug-likeness (QED) is 0.456. The summed E-state index contributed by atoms with van der Waals surface area (Å²) in [5.41, 5.74) is 0.514. The molecule has 6 nitrogen and oxygen atoms in total. The summed E-state index contributed by atoms with van der Waals surface area (Å²) in [4.78, 5) is 12.6. The minimum Gasteiger partial charge on any atom is -0.428 e. The summed E-state index contributed by atoms with van der Waals surface area (Å²) in [7, 11) is 1.36. The van der Waals surface area contributed by atoms with Crippen molar-refractivity contribution in [1.82, 2.24) is 5.32 Å². The molecule has 0 aliphatic carbocycles. The fourth-order valence-electron chi connectivity index (χ4n) is 2.68. The van der Waals surface area contributed by atoms with Crippen LogP contribution < -0.4 is 20.3 Å². The molecule has 0 saturated carbocycles. The summed E-state index contributed by atoms with van der Waals surface area (Å²) in [6.45, 7) is -1.28. The number of alkyl halides is 7. The molecule has 0 saturated heterocycles. The lowest BCUT2D eigenvalue weighted by molar-refractivity contribution is -0.253. The Balaban J connectivity index is 2.33. The zero-order valence-corrected chi connectivity index (χ0v) is 17.0. The van der Waals surface area contributed by atoms with Crippen molar-refractivity contribution in [1.29, 1.82) is 0 Å². The summed E-state index contributed by atoms with van der Waals surface area (Å²) >= 11 is 0. The van der Waals surface area contributed by atoms with Crippen LogP contribution in [0.4, 0.5) is 46.9 Å². The zero-order chi connectivity index (χ0) is 24.8. The highest BCUT2D eigenvalue weighted by Gasteiger charge is 2.44. The number of benzene rings is 2. The van der Waals surface area contributed by atoms with E-state index in [1.54, 1.807) is 0 Å². The van der Waals surface area contributed by atoms with Gasteiger partial charge in [0, 0.05) is 25.0 Å². The van der Waals surface area contributed by atoms with Crippen LogP contribution >= 0.6 is 0 Å². The lowest BCUT2D eigenvalue weighted by atomic mass is 10.1. The molecule has 1 atom stereocenters. The van der Waals surface area contributed by atoms with E-state index in [2.05, 4.69) is 15.4 Å². The average molecular weight is 483 g/mol. The van der Waals surface area contributed by atoms with E-state index < -0.39 is 43.1 Å². The van der Waals surface area contributed by atoms with E-state index in [1.165, 1.54) is 43.4 Å². The first kappa shape index (κ1) is 26.0. The number of ether oxygens (including phenoxy) is 1. The van der Waals surface area contributed by atoms with Gasteiger partial charge in [0.1, 0.15) is 5.75 Å². The average Bonchev–Trinajstić information content (AvgIpc) is 2.72. The van der Waals surface area contributed by atoms with Crippen molar-refractivity contribution >= 4 is 17.4 Å². The van der Waals surface area contributed by atoms with Crippen molar-refractivity contribution in [3.05, 3.63) is 54.1 Å². The van der Waals surface area contributed by atoms with Gasteiger partial charge in [0.2, 0.25) is 0 Å². The lowest BCUT2D eigenvalue weighted by Crippen LogP contribution is -2.41. The summed E-state index contributed by atoms with van der Waals surface area (Å²) in [6.07, 6.45) is -16.5. The molecular weight excluding hydrogens is 463 g/mol. The van der Waals surface area contributed by atoms with E-state index in [4.69, 9.17) is 0 Å². The number of hydrogen-bond acceptors (Lipinski definition) is 4. The number of amides is 2. The number of nitrogens with zero attached hydrogens (tertiary/aromatic N) is 1. The Kier molecular flexibility index (Phi) is 8.36. The SMILES string of the molecule is CNC(=O)Nc1cccc(N(Cc2cccc(OC(F)(F)C(F)F)c2)CC(O)C(F)(F)F)c1. The Labute approximate surface area is 183 Å². The fourth-order valence-corrected chi connectivity index (χ4v) is 2.68. The molecule has 0 radical (unpaired) electrons. The smallest absolute Gasteiger partial charge is 0.428 e. The second-order valence-electron chi connectivity index (χ2n) is 6.80. The zero-order valence-electron chi connectivity index (χ0n) is 17.0. The number of aliphatic hydroxyl groups is 1. The van der Waals surface area contributed by atoms with Crippen LogP contribution in [0.3, 0.4) is 0 Å². The Bertz CT molecular complexity index is 941. The first-order chi connectivity index (χ1) is 15.3. The second kappa shape index (κ2) is 10.6. The van der Waals surface area contributed by atoms with Gasteiger partial charge in [-0.1, -0.05) is 18.2 Å². The van der Waals surface area contributed by atoms with Crippen molar-refractivity contribution in [2.45, 2.75) is 31.4 Å². The van der Waals surface area contributed by atoms with Crippen LogP contribution in [0.1, 0.15) is 5.56 Å². The molecule has 0 fully saturated rings. The highest BCUT2D eigenvalue weighted by Crippen LogP contribution is 2.30. The minimum atomic E-state index is -4.94. The molecule has 2 aromatic rings. The standard InChI is InChI=1S/C20H20F7N3O3/c1-28-18(32)29-13-5-3-6-14(9-13)30(11-16(31)19(23,24)25)10-12-4-2-7-15(8-12)33-20(26,27)17(21)22/h2-9,16-17,31H,10-11H2,1H3,(H2,28,29,32). The monoisotopic (exact) mass is 483 g/mol. The van der Waals surface area contributed by atoms with Gasteiger partial charge >= 0.3 is 24.7 Å². The van der Waals surface area contributed by atoms with E-state index in [0.717, 1.165) is 17.0 Å². The predicted octanol–water partition coefficient (Wildman–Crippen LogP) is 4.60. The van der Waals surface area contributed by atoms with Crippen LogP contribution in [0.15, 0.2) is 48.5 Å². The highest BCUT2D eigenvalue weighted by molar-refractivity contribution is 5.89. The number of carbonyl (C=O) groups is 1. The van der Waals surface area contributed by atoms with Crippen LogP contribution in [-0.2, 0) is 6.54 Å². The van der Waals surface area contributed by atoms with Crippen LogP contribution in [0.5, 0.6) is 5.75 Å². The molecule has 2 amide bonds. The van der Waals surface area contributed by atoms with E-state index in [9.17, 15) is 40.6 Å². The van der Waals surface area contributed by atoms with Gasteiger partial charge in [0.05, 0.1) is 6.54 Å². The first-order valence-electron chi connectivity index (χ1n) is 9.34. The van der Waals surface area contributed by atoms with Crippen LogP contribution in [0.2, 0.25) is 0 Å². The molecule has 13 heteroatoms. The second-order valence-corrected chi connectivity index (χ2v) is 6.80. The third-order valence-electron chi connectivity index (χ3n) is 4.25. The maximum absolute atomic E-state index is 13.2. The number of hydrogen-bond donors (Lipinski definition) is 3. The Morgan fingerprint density at radius 3 is 2.36 bits per heavy atom. The van der Waals surface area contributed by atoms with Gasteiger partial charge in [-0.3, -0.25) is 0 Å². The summed E-state index contributed by atoms with van der Waals surface area (Å²) < 4.78 is 94.1. The molecule has 1 unspecified atom stereocenters. The third kappa shape index (κ3) is 7.70. The number of carbonyl (C=O) groups excluding carboxylic acids is 1. The molecule has 33 heavy (non-hydrogen) atoms.